The minimum atomic E-state index is -0.801. The smallest absolute Gasteiger partial charge is 0.332 e. The van der Waals surface area contributed by atoms with Gasteiger partial charge in [-0.3, -0.25) is 9.59 Å². The molecule has 1 N–H and O–H groups in total. The molecule has 1 aliphatic carbocycles. The van der Waals surface area contributed by atoms with Crippen molar-refractivity contribution in [2.45, 2.75) is 57.5 Å². The number of nitrogens with one attached hydrogen (secondary N) is 1. The maximum Gasteiger partial charge on any atom is 0.332 e. The van der Waals surface area contributed by atoms with E-state index in [0.717, 1.165) is 37.7 Å². The van der Waals surface area contributed by atoms with Gasteiger partial charge in [0.2, 0.25) is 5.91 Å². The quantitative estimate of drug-likeness (QED) is 0.678. The summed E-state index contributed by atoms with van der Waals surface area (Å²) in [7, 11) is 1.58. The van der Waals surface area contributed by atoms with Crippen LogP contribution in [-0.4, -0.2) is 41.9 Å². The molecule has 0 unspecified atom stereocenters. The number of hydrogen-bond donors (Lipinski definition) is 1. The van der Waals surface area contributed by atoms with Gasteiger partial charge in [0, 0.05) is 11.7 Å². The number of nitrogens with zero attached hydrogens (tertiary/aromatic N) is 2. The Labute approximate surface area is 188 Å². The number of aryl methyl sites for hydroxylation is 1. The Kier molecular flexibility index (Phi) is 6.44. The van der Waals surface area contributed by atoms with E-state index >= 15 is 0 Å². The van der Waals surface area contributed by atoms with Crippen molar-refractivity contribution in [3.8, 4) is 5.75 Å². The van der Waals surface area contributed by atoms with Gasteiger partial charge in [0.25, 0.3) is 5.91 Å². The van der Waals surface area contributed by atoms with Crippen LogP contribution in [0.2, 0.25) is 0 Å². The van der Waals surface area contributed by atoms with E-state index in [1.165, 1.54) is 4.90 Å². The van der Waals surface area contributed by atoms with Gasteiger partial charge in [-0.15, -0.1) is 0 Å². The third-order valence-electron chi connectivity index (χ3n) is 6.27. The van der Waals surface area contributed by atoms with Gasteiger partial charge in [-0.25, -0.2) is 9.69 Å². The normalized spacial score (nSPS) is 19.4. The highest BCUT2D eigenvalue weighted by molar-refractivity contribution is 6.22. The molecule has 1 saturated heterocycles. The summed E-state index contributed by atoms with van der Waals surface area (Å²) < 4.78 is 5.14. The van der Waals surface area contributed by atoms with E-state index in [4.69, 9.17) is 4.74 Å². The van der Waals surface area contributed by atoms with Crippen LogP contribution < -0.4 is 15.0 Å². The summed E-state index contributed by atoms with van der Waals surface area (Å²) in [6.07, 6.45) is 4.83. The number of amides is 4. The number of imide groups is 1. The van der Waals surface area contributed by atoms with Crippen LogP contribution >= 0.6 is 0 Å². The second-order valence-corrected chi connectivity index (χ2v) is 8.49. The molecule has 1 heterocycles. The molecule has 4 amide bonds. The van der Waals surface area contributed by atoms with Crippen molar-refractivity contribution in [3.63, 3.8) is 0 Å². The zero-order valence-corrected chi connectivity index (χ0v) is 18.5. The maximum absolute atomic E-state index is 13.4. The van der Waals surface area contributed by atoms with Gasteiger partial charge in [0.05, 0.1) is 19.2 Å². The van der Waals surface area contributed by atoms with Gasteiger partial charge in [0.1, 0.15) is 11.8 Å². The Morgan fingerprint density at radius 2 is 1.66 bits per heavy atom. The number of urea groups is 1. The van der Waals surface area contributed by atoms with Crippen LogP contribution in [-0.2, 0) is 9.59 Å². The number of carbonyl (C=O) groups is 3. The summed E-state index contributed by atoms with van der Waals surface area (Å²) in [5, 5.41) is 2.84. The molecule has 32 heavy (non-hydrogen) atoms. The average Bonchev–Trinajstić information content (AvgIpc) is 3.04. The minimum Gasteiger partial charge on any atom is -0.497 e. The fourth-order valence-electron chi connectivity index (χ4n) is 4.56. The standard InChI is InChI=1S/C25H29N3O4/c1-17-8-12-20(13-9-17)28-24(30)22(27(25(28)31)19-6-4-3-5-7-19)16-23(29)26-18-10-14-21(32-2)15-11-18/h8-15,19,22H,3-7,16H2,1-2H3,(H,26,29)/t22-/m0/s1. The van der Waals surface area contributed by atoms with Crippen LogP contribution in [0.15, 0.2) is 48.5 Å². The van der Waals surface area contributed by atoms with Crippen LogP contribution in [0.25, 0.3) is 0 Å². The first-order valence-electron chi connectivity index (χ1n) is 11.1. The number of anilines is 2. The van der Waals surface area contributed by atoms with E-state index in [-0.39, 0.29) is 30.3 Å². The molecule has 7 heteroatoms. The molecule has 168 valence electrons. The predicted octanol–water partition coefficient (Wildman–Crippen LogP) is 4.50. The molecule has 0 aromatic heterocycles. The molecular weight excluding hydrogens is 406 g/mol. The van der Waals surface area contributed by atoms with Gasteiger partial charge in [0.15, 0.2) is 0 Å². The monoisotopic (exact) mass is 435 g/mol. The second kappa shape index (κ2) is 9.42. The predicted molar refractivity (Wildman–Crippen MR) is 123 cm³/mol. The van der Waals surface area contributed by atoms with E-state index < -0.39 is 6.04 Å². The fourth-order valence-corrected chi connectivity index (χ4v) is 4.56. The molecule has 1 atom stereocenters. The minimum absolute atomic E-state index is 0.0190. The first-order valence-corrected chi connectivity index (χ1v) is 11.1. The van der Waals surface area contributed by atoms with E-state index in [0.29, 0.717) is 17.1 Å². The lowest BCUT2D eigenvalue weighted by molar-refractivity contribution is -0.125. The Balaban J connectivity index is 1.56. The molecule has 2 aliphatic rings. The number of rotatable bonds is 6. The third kappa shape index (κ3) is 4.47. The lowest BCUT2D eigenvalue weighted by Crippen LogP contribution is -2.45. The lowest BCUT2D eigenvalue weighted by atomic mass is 9.93. The number of benzene rings is 2. The summed E-state index contributed by atoms with van der Waals surface area (Å²) in [6, 6.07) is 13.2. The molecule has 1 saturated carbocycles. The number of hydrogen-bond acceptors (Lipinski definition) is 4. The van der Waals surface area contributed by atoms with E-state index in [1.54, 1.807) is 48.4 Å². The summed E-state index contributed by atoms with van der Waals surface area (Å²) in [4.78, 5) is 42.5. The topological polar surface area (TPSA) is 79.0 Å². The molecule has 2 aromatic rings. The molecule has 4 rings (SSSR count). The summed E-state index contributed by atoms with van der Waals surface area (Å²) in [5.41, 5.74) is 2.21. The zero-order valence-electron chi connectivity index (χ0n) is 18.5. The first-order chi connectivity index (χ1) is 15.5. The van der Waals surface area contributed by atoms with Gasteiger partial charge in [-0.2, -0.15) is 0 Å². The zero-order chi connectivity index (χ0) is 22.7. The Morgan fingerprint density at radius 3 is 2.28 bits per heavy atom. The Morgan fingerprint density at radius 1 is 1.00 bits per heavy atom. The van der Waals surface area contributed by atoms with E-state index in [2.05, 4.69) is 5.32 Å². The van der Waals surface area contributed by atoms with Crippen molar-refractivity contribution >= 4 is 29.2 Å². The third-order valence-corrected chi connectivity index (χ3v) is 6.27. The molecule has 0 spiro atoms. The maximum atomic E-state index is 13.4. The Bertz CT molecular complexity index is 981. The van der Waals surface area contributed by atoms with E-state index in [1.807, 2.05) is 19.1 Å². The van der Waals surface area contributed by atoms with E-state index in [9.17, 15) is 14.4 Å². The fraction of sp³-hybridized carbons (Fsp3) is 0.400. The van der Waals surface area contributed by atoms with Crippen molar-refractivity contribution in [3.05, 3.63) is 54.1 Å². The second-order valence-electron chi connectivity index (χ2n) is 8.49. The highest BCUT2D eigenvalue weighted by Crippen LogP contribution is 2.33. The molecule has 2 aromatic carbocycles. The summed E-state index contributed by atoms with van der Waals surface area (Å²) in [6.45, 7) is 1.96. The van der Waals surface area contributed by atoms with Crippen molar-refractivity contribution in [2.24, 2.45) is 0 Å². The van der Waals surface area contributed by atoms with Crippen LogP contribution in [0, 0.1) is 6.92 Å². The van der Waals surface area contributed by atoms with Crippen molar-refractivity contribution in [2.75, 3.05) is 17.3 Å². The van der Waals surface area contributed by atoms with Crippen molar-refractivity contribution in [1.29, 1.82) is 0 Å². The lowest BCUT2D eigenvalue weighted by Gasteiger charge is -2.33. The van der Waals surface area contributed by atoms with Gasteiger partial charge < -0.3 is 15.0 Å². The van der Waals surface area contributed by atoms with Crippen molar-refractivity contribution < 1.29 is 19.1 Å². The van der Waals surface area contributed by atoms with Crippen molar-refractivity contribution in [1.82, 2.24) is 4.90 Å². The van der Waals surface area contributed by atoms with Crippen LogP contribution in [0.1, 0.15) is 44.1 Å². The Hall–Kier alpha value is -3.35. The molecule has 0 bridgehead atoms. The highest BCUT2D eigenvalue weighted by atomic mass is 16.5. The van der Waals surface area contributed by atoms with Crippen LogP contribution in [0.5, 0.6) is 5.75 Å². The average molecular weight is 436 g/mol. The number of methoxy groups -OCH3 is 1. The molecular formula is C25H29N3O4. The van der Waals surface area contributed by atoms with Gasteiger partial charge >= 0.3 is 6.03 Å². The number of carbonyl (C=O) groups excluding carboxylic acids is 3. The largest absolute Gasteiger partial charge is 0.497 e. The first kappa shape index (κ1) is 21.9. The highest BCUT2D eigenvalue weighted by Gasteiger charge is 2.49. The van der Waals surface area contributed by atoms with Crippen LogP contribution in [0.3, 0.4) is 0 Å². The van der Waals surface area contributed by atoms with Gasteiger partial charge in [-0.05, 0) is 56.2 Å². The summed E-state index contributed by atoms with van der Waals surface area (Å²) >= 11 is 0. The molecule has 2 fully saturated rings. The van der Waals surface area contributed by atoms with Gasteiger partial charge in [-0.1, -0.05) is 37.0 Å². The molecule has 1 aliphatic heterocycles. The molecule has 7 nitrogen and oxygen atoms in total. The number of ether oxygens (including phenoxy) is 1. The SMILES string of the molecule is COc1ccc(NC(=O)C[C@H]2C(=O)N(c3ccc(C)cc3)C(=O)N2C2CCCCC2)cc1. The molecule has 0 radical (unpaired) electrons. The van der Waals surface area contributed by atoms with Crippen LogP contribution in [0.4, 0.5) is 16.2 Å². The summed E-state index contributed by atoms with van der Waals surface area (Å²) in [5.74, 6) is 0.0546.